The minimum Gasteiger partial charge on any atom is -0.398 e. The van der Waals surface area contributed by atoms with Crippen LogP contribution in [0.1, 0.15) is 31.9 Å². The second-order valence-electron chi connectivity index (χ2n) is 6.78. The van der Waals surface area contributed by atoms with Crippen LogP contribution in [0.2, 0.25) is 0 Å². The summed E-state index contributed by atoms with van der Waals surface area (Å²) in [6.07, 6.45) is 3.75. The second kappa shape index (κ2) is 5.13. The van der Waals surface area contributed by atoms with Crippen LogP contribution >= 0.6 is 0 Å². The Hall–Kier alpha value is -2.80. The molecule has 0 radical (unpaired) electrons. The summed E-state index contributed by atoms with van der Waals surface area (Å²) >= 11 is 0. The number of aromatic nitrogens is 2. The van der Waals surface area contributed by atoms with Crippen molar-refractivity contribution in [3.8, 4) is 17.2 Å². The number of hydrogen-bond donors (Lipinski definition) is 1. The Kier molecular flexibility index (Phi) is 3.37. The minimum atomic E-state index is -0.139. The van der Waals surface area contributed by atoms with Crippen LogP contribution in [0.15, 0.2) is 36.7 Å². The molecule has 0 amide bonds. The van der Waals surface area contributed by atoms with E-state index >= 15 is 0 Å². The lowest BCUT2D eigenvalue weighted by Crippen LogP contribution is -2.21. The van der Waals surface area contributed by atoms with Crippen molar-refractivity contribution >= 4 is 16.7 Å². The SMILES string of the molecule is Cc1c(-c2ccccc2N)cnc2c1c(C#N)cn2C(C)(C)C. The molecular formula is C19H20N4. The molecule has 0 bridgehead atoms. The Morgan fingerprint density at radius 3 is 2.48 bits per heavy atom. The number of hydrogen-bond acceptors (Lipinski definition) is 3. The highest BCUT2D eigenvalue weighted by Crippen LogP contribution is 2.35. The molecule has 0 saturated carbocycles. The molecule has 0 aliphatic carbocycles. The van der Waals surface area contributed by atoms with Gasteiger partial charge in [0.1, 0.15) is 11.7 Å². The van der Waals surface area contributed by atoms with E-state index in [0.29, 0.717) is 11.3 Å². The number of para-hydroxylation sites is 1. The van der Waals surface area contributed by atoms with E-state index in [4.69, 9.17) is 5.73 Å². The van der Waals surface area contributed by atoms with Gasteiger partial charge in [0.15, 0.2) is 0 Å². The number of anilines is 1. The molecule has 0 fully saturated rings. The van der Waals surface area contributed by atoms with E-state index in [-0.39, 0.29) is 5.54 Å². The first-order chi connectivity index (χ1) is 10.8. The third kappa shape index (κ3) is 2.35. The van der Waals surface area contributed by atoms with Crippen LogP contribution in [-0.2, 0) is 5.54 Å². The molecule has 0 aliphatic heterocycles. The number of pyridine rings is 1. The zero-order valence-corrected chi connectivity index (χ0v) is 13.9. The smallest absolute Gasteiger partial charge is 0.142 e. The van der Waals surface area contributed by atoms with Crippen molar-refractivity contribution in [3.63, 3.8) is 0 Å². The molecule has 0 atom stereocenters. The average Bonchev–Trinajstić information content (AvgIpc) is 2.88. The number of nitrogen functional groups attached to an aromatic ring is 1. The fourth-order valence-electron chi connectivity index (χ4n) is 2.96. The zero-order chi connectivity index (χ0) is 16.8. The predicted molar refractivity (Wildman–Crippen MR) is 94.0 cm³/mol. The van der Waals surface area contributed by atoms with Crippen molar-refractivity contribution in [2.24, 2.45) is 0 Å². The van der Waals surface area contributed by atoms with Crippen LogP contribution in [0.3, 0.4) is 0 Å². The molecule has 2 N–H and O–H groups in total. The van der Waals surface area contributed by atoms with Gasteiger partial charge in [0.25, 0.3) is 0 Å². The quantitative estimate of drug-likeness (QED) is 0.684. The molecule has 23 heavy (non-hydrogen) atoms. The molecular weight excluding hydrogens is 284 g/mol. The molecule has 4 heteroatoms. The molecule has 0 aliphatic rings. The number of rotatable bonds is 1. The van der Waals surface area contributed by atoms with Gasteiger partial charge in [0.05, 0.1) is 5.56 Å². The number of benzene rings is 1. The van der Waals surface area contributed by atoms with Crippen molar-refractivity contribution in [3.05, 3.63) is 47.8 Å². The largest absolute Gasteiger partial charge is 0.398 e. The van der Waals surface area contributed by atoms with E-state index in [1.165, 1.54) is 0 Å². The highest BCUT2D eigenvalue weighted by Gasteiger charge is 2.22. The zero-order valence-electron chi connectivity index (χ0n) is 13.9. The van der Waals surface area contributed by atoms with Gasteiger partial charge in [-0.3, -0.25) is 0 Å². The standard InChI is InChI=1S/C19H20N4/c1-12-15(14-7-5-6-8-16(14)21)10-22-18-17(12)13(9-20)11-23(18)19(2,3)4/h5-8,10-11H,21H2,1-4H3. The Labute approximate surface area is 136 Å². The van der Waals surface area contributed by atoms with Crippen molar-refractivity contribution in [1.82, 2.24) is 9.55 Å². The molecule has 2 aromatic heterocycles. The van der Waals surface area contributed by atoms with E-state index in [0.717, 1.165) is 27.7 Å². The molecule has 3 aromatic rings. The highest BCUT2D eigenvalue weighted by molar-refractivity contribution is 5.93. The first-order valence-electron chi connectivity index (χ1n) is 7.60. The van der Waals surface area contributed by atoms with Crippen LogP contribution in [-0.4, -0.2) is 9.55 Å². The van der Waals surface area contributed by atoms with Gasteiger partial charge in [-0.15, -0.1) is 0 Å². The Morgan fingerprint density at radius 2 is 1.87 bits per heavy atom. The van der Waals surface area contributed by atoms with E-state index in [2.05, 4.69) is 36.4 Å². The van der Waals surface area contributed by atoms with Crippen LogP contribution in [0.25, 0.3) is 22.2 Å². The molecule has 116 valence electrons. The van der Waals surface area contributed by atoms with E-state index in [1.54, 1.807) is 0 Å². The highest BCUT2D eigenvalue weighted by atomic mass is 15.1. The maximum absolute atomic E-state index is 9.54. The number of fused-ring (bicyclic) bond motifs is 1. The normalized spacial score (nSPS) is 11.6. The van der Waals surface area contributed by atoms with Crippen LogP contribution in [0, 0.1) is 18.3 Å². The van der Waals surface area contributed by atoms with Gasteiger partial charge in [-0.25, -0.2) is 4.98 Å². The average molecular weight is 304 g/mol. The monoisotopic (exact) mass is 304 g/mol. The van der Waals surface area contributed by atoms with Crippen LogP contribution in [0.4, 0.5) is 5.69 Å². The molecule has 2 heterocycles. The van der Waals surface area contributed by atoms with Crippen molar-refractivity contribution in [1.29, 1.82) is 5.26 Å². The first kappa shape index (κ1) is 15.1. The van der Waals surface area contributed by atoms with Crippen molar-refractivity contribution < 1.29 is 0 Å². The summed E-state index contributed by atoms with van der Waals surface area (Å²) in [4.78, 5) is 4.65. The summed E-state index contributed by atoms with van der Waals surface area (Å²) in [6, 6.07) is 10.0. The lowest BCUT2D eigenvalue weighted by atomic mass is 9.98. The van der Waals surface area contributed by atoms with Gasteiger partial charge in [-0.2, -0.15) is 5.26 Å². The van der Waals surface area contributed by atoms with Gasteiger partial charge in [0, 0.05) is 40.1 Å². The predicted octanol–water partition coefficient (Wildman–Crippen LogP) is 4.22. The lowest BCUT2D eigenvalue weighted by molar-refractivity contribution is 0.408. The van der Waals surface area contributed by atoms with Crippen molar-refractivity contribution in [2.45, 2.75) is 33.2 Å². The van der Waals surface area contributed by atoms with E-state index in [9.17, 15) is 5.26 Å². The molecule has 0 unspecified atom stereocenters. The van der Waals surface area contributed by atoms with Gasteiger partial charge in [-0.1, -0.05) is 18.2 Å². The maximum Gasteiger partial charge on any atom is 0.142 e. The van der Waals surface area contributed by atoms with E-state index < -0.39 is 0 Å². The third-order valence-electron chi connectivity index (χ3n) is 4.17. The summed E-state index contributed by atoms with van der Waals surface area (Å²) < 4.78 is 2.06. The van der Waals surface area contributed by atoms with Gasteiger partial charge in [-0.05, 0) is 39.3 Å². The summed E-state index contributed by atoms with van der Waals surface area (Å²) in [7, 11) is 0. The number of nitrogens with zero attached hydrogens (tertiary/aromatic N) is 3. The minimum absolute atomic E-state index is 0.139. The fraction of sp³-hybridized carbons (Fsp3) is 0.263. The Bertz CT molecular complexity index is 936. The van der Waals surface area contributed by atoms with Crippen LogP contribution in [0.5, 0.6) is 0 Å². The second-order valence-corrected chi connectivity index (χ2v) is 6.78. The molecule has 3 rings (SSSR count). The third-order valence-corrected chi connectivity index (χ3v) is 4.17. The topological polar surface area (TPSA) is 67.6 Å². The van der Waals surface area contributed by atoms with Gasteiger partial charge >= 0.3 is 0 Å². The maximum atomic E-state index is 9.54. The summed E-state index contributed by atoms with van der Waals surface area (Å²) in [5.74, 6) is 0. The molecule has 0 saturated heterocycles. The summed E-state index contributed by atoms with van der Waals surface area (Å²) in [5, 5.41) is 10.4. The van der Waals surface area contributed by atoms with Crippen LogP contribution < -0.4 is 5.73 Å². The first-order valence-corrected chi connectivity index (χ1v) is 7.60. The van der Waals surface area contributed by atoms with Crippen molar-refractivity contribution in [2.75, 3.05) is 5.73 Å². The van der Waals surface area contributed by atoms with Gasteiger partial charge < -0.3 is 10.3 Å². The van der Waals surface area contributed by atoms with E-state index in [1.807, 2.05) is 43.6 Å². The molecule has 0 spiro atoms. The fourth-order valence-corrected chi connectivity index (χ4v) is 2.96. The Morgan fingerprint density at radius 1 is 1.17 bits per heavy atom. The van der Waals surface area contributed by atoms with Gasteiger partial charge in [0.2, 0.25) is 0 Å². The molecule has 4 nitrogen and oxygen atoms in total. The number of nitrogens with two attached hydrogens (primary N) is 1. The molecule has 1 aromatic carbocycles. The summed E-state index contributed by atoms with van der Waals surface area (Å²) in [5.41, 5.74) is 11.1. The summed E-state index contributed by atoms with van der Waals surface area (Å²) in [6.45, 7) is 8.34. The number of nitriles is 1. The lowest BCUT2D eigenvalue weighted by Gasteiger charge is -2.22. The Balaban J connectivity index is 2.37. The number of aryl methyl sites for hydroxylation is 1.